The molecule has 0 aliphatic heterocycles. The molecule has 1 atom stereocenters. The lowest BCUT2D eigenvalue weighted by molar-refractivity contribution is -0.120. The molecule has 0 bridgehead atoms. The molecule has 5 aromatic rings. The van der Waals surface area contributed by atoms with Crippen molar-refractivity contribution in [3.63, 3.8) is 0 Å². The molecule has 7 heteroatoms. The van der Waals surface area contributed by atoms with Gasteiger partial charge in [-0.3, -0.25) is 14.2 Å². The van der Waals surface area contributed by atoms with Crippen molar-refractivity contribution in [3.8, 4) is 23.0 Å². The van der Waals surface area contributed by atoms with Gasteiger partial charge in [0.2, 0.25) is 0 Å². The number of nitrogens with zero attached hydrogens (tertiary/aromatic N) is 5. The Hall–Kier alpha value is -4.57. The molecule has 0 saturated heterocycles. The van der Waals surface area contributed by atoms with E-state index in [1.165, 1.54) is 6.07 Å². The summed E-state index contributed by atoms with van der Waals surface area (Å²) in [5.74, 6) is 5.96. The number of rotatable bonds is 8. The van der Waals surface area contributed by atoms with Crippen molar-refractivity contribution in [2.24, 2.45) is 12.5 Å². The lowest BCUT2D eigenvalue weighted by Crippen LogP contribution is -2.18. The van der Waals surface area contributed by atoms with Gasteiger partial charge in [0, 0.05) is 48.9 Å². The summed E-state index contributed by atoms with van der Waals surface area (Å²) in [7, 11) is 1.96. The highest BCUT2D eigenvalue weighted by Crippen LogP contribution is 2.38. The molecule has 228 valence electrons. The van der Waals surface area contributed by atoms with Crippen LogP contribution in [0.4, 0.5) is 4.39 Å². The second-order valence-electron chi connectivity index (χ2n) is 12.9. The second-order valence-corrected chi connectivity index (χ2v) is 12.9. The first-order valence-electron chi connectivity index (χ1n) is 15.0. The number of aromatic nitrogens is 5. The molecule has 0 amide bonds. The van der Waals surface area contributed by atoms with Gasteiger partial charge in [0.15, 0.2) is 5.78 Å². The van der Waals surface area contributed by atoms with Gasteiger partial charge in [0.05, 0.1) is 29.1 Å². The van der Waals surface area contributed by atoms with Crippen LogP contribution >= 0.6 is 0 Å². The van der Waals surface area contributed by atoms with E-state index in [-0.39, 0.29) is 37.3 Å². The van der Waals surface area contributed by atoms with E-state index in [4.69, 9.17) is 10.1 Å². The molecule has 0 saturated carbocycles. The van der Waals surface area contributed by atoms with Crippen molar-refractivity contribution >= 4 is 16.7 Å². The zero-order valence-corrected chi connectivity index (χ0v) is 26.9. The fourth-order valence-corrected chi connectivity index (χ4v) is 5.91. The van der Waals surface area contributed by atoms with Crippen LogP contribution in [0.15, 0.2) is 54.7 Å². The molecule has 44 heavy (non-hydrogen) atoms. The van der Waals surface area contributed by atoms with Crippen LogP contribution < -0.4 is 0 Å². The van der Waals surface area contributed by atoms with Gasteiger partial charge in [-0.25, -0.2) is 9.37 Å². The summed E-state index contributed by atoms with van der Waals surface area (Å²) in [5.41, 5.74) is 8.73. The largest absolute Gasteiger partial charge is 0.298 e. The number of hydrogen-bond donors (Lipinski definition) is 0. The quantitative estimate of drug-likeness (QED) is 0.172. The standard InChI is InChI=1S/C37H40FN5O.H2/c1-23-17-27(20-29(38)18-23)19-28(21-31(44)22-43-16-14-25(3)40-43)35-32(12-10-30(39-35)13-15-37(5,6)7)33-11-9-24(2)34-26(4)41-42(8)36(33)34;/h9-12,14,16-18,20,28H,19,21-22H2,1-8H3;1H/t28-;/m1./s1/i;1+1. The van der Waals surface area contributed by atoms with E-state index in [0.717, 1.165) is 55.8 Å². The average molecular weight is 593 g/mol. The lowest BCUT2D eigenvalue weighted by Gasteiger charge is -2.21. The zero-order valence-electron chi connectivity index (χ0n) is 26.9. The van der Waals surface area contributed by atoms with Gasteiger partial charge in [0.25, 0.3) is 0 Å². The minimum absolute atomic E-state index is 0. The fraction of sp³-hybridized carbons (Fsp3) is 0.351. The minimum Gasteiger partial charge on any atom is -0.298 e. The monoisotopic (exact) mass is 592 g/mol. The molecule has 3 aromatic heterocycles. The van der Waals surface area contributed by atoms with Crippen molar-refractivity contribution in [2.45, 2.75) is 73.8 Å². The van der Waals surface area contributed by atoms with Gasteiger partial charge in [0.1, 0.15) is 11.5 Å². The summed E-state index contributed by atoms with van der Waals surface area (Å²) in [4.78, 5) is 18.8. The maximum Gasteiger partial charge on any atom is 0.154 e. The Bertz CT molecular complexity index is 1920. The molecular weight excluding hydrogens is 549 g/mol. The van der Waals surface area contributed by atoms with Crippen LogP contribution in [0.3, 0.4) is 0 Å². The number of carbonyl (C=O) groups excluding carboxylic acids is 1. The number of aryl methyl sites for hydroxylation is 5. The van der Waals surface area contributed by atoms with Crippen molar-refractivity contribution in [1.29, 1.82) is 0 Å². The van der Waals surface area contributed by atoms with Crippen LogP contribution in [0.1, 0.15) is 74.0 Å². The van der Waals surface area contributed by atoms with Crippen LogP contribution in [-0.4, -0.2) is 30.3 Å². The third kappa shape index (κ3) is 6.97. The smallest absolute Gasteiger partial charge is 0.154 e. The van der Waals surface area contributed by atoms with Crippen molar-refractivity contribution in [1.82, 2.24) is 24.5 Å². The Kier molecular flexibility index (Phi) is 8.56. The van der Waals surface area contributed by atoms with E-state index < -0.39 is 0 Å². The molecule has 0 aliphatic rings. The van der Waals surface area contributed by atoms with Crippen molar-refractivity contribution in [3.05, 3.63) is 100 Å². The minimum atomic E-state index is -0.336. The number of pyridine rings is 1. The van der Waals surface area contributed by atoms with Crippen LogP contribution in [-0.2, 0) is 24.8 Å². The van der Waals surface area contributed by atoms with Crippen molar-refractivity contribution < 1.29 is 10.6 Å². The summed E-state index contributed by atoms with van der Waals surface area (Å²) in [6, 6.07) is 15.2. The Morgan fingerprint density at radius 2 is 1.75 bits per heavy atom. The number of benzene rings is 2. The molecule has 0 N–H and O–H groups in total. The summed E-state index contributed by atoms with van der Waals surface area (Å²) in [6.45, 7) is 14.2. The molecule has 0 aliphatic carbocycles. The normalized spacial score (nSPS) is 12.3. The number of hydrogen-bond acceptors (Lipinski definition) is 4. The van der Waals surface area contributed by atoms with Gasteiger partial charge in [-0.1, -0.05) is 24.1 Å². The summed E-state index contributed by atoms with van der Waals surface area (Å²) in [5, 5.41) is 10.3. The SMILES string of the molecule is Cc1cc(F)cc(C[C@H](CC(=O)Cn2ccc(C)n2)c2nc(C#CC(C)(C)C)ccc2-c2ccc(C)c3c(C)nn(C)c23)c1.[2HH]. The average Bonchev–Trinajstić information content (AvgIpc) is 3.47. The molecule has 0 spiro atoms. The predicted octanol–water partition coefficient (Wildman–Crippen LogP) is 7.83. The van der Waals surface area contributed by atoms with Crippen LogP contribution in [0.25, 0.3) is 22.0 Å². The molecular formula is C37H42FN5O. The number of fused-ring (bicyclic) bond motifs is 1. The number of Topliss-reactive ketones (excluding diaryl/α,β-unsaturated/α-hetero) is 1. The first-order chi connectivity index (χ1) is 20.8. The number of ketones is 1. The van der Waals surface area contributed by atoms with E-state index in [9.17, 15) is 9.18 Å². The third-order valence-electron chi connectivity index (χ3n) is 7.71. The highest BCUT2D eigenvalue weighted by molar-refractivity contribution is 5.98. The third-order valence-corrected chi connectivity index (χ3v) is 7.71. The van der Waals surface area contributed by atoms with Gasteiger partial charge in [-0.2, -0.15) is 10.2 Å². The molecule has 3 heterocycles. The highest BCUT2D eigenvalue weighted by Gasteiger charge is 2.25. The first kappa shape index (κ1) is 30.9. The summed E-state index contributed by atoms with van der Waals surface area (Å²) in [6.07, 6.45) is 2.47. The molecule has 5 rings (SSSR count). The van der Waals surface area contributed by atoms with Crippen LogP contribution in [0.5, 0.6) is 0 Å². The van der Waals surface area contributed by atoms with E-state index in [2.05, 4.69) is 62.8 Å². The van der Waals surface area contributed by atoms with E-state index in [0.29, 0.717) is 12.1 Å². The van der Waals surface area contributed by atoms with Gasteiger partial charge >= 0.3 is 0 Å². The number of carbonyl (C=O) groups is 1. The van der Waals surface area contributed by atoms with E-state index in [1.807, 2.05) is 56.9 Å². The Morgan fingerprint density at radius 3 is 2.43 bits per heavy atom. The molecule has 0 fully saturated rings. The highest BCUT2D eigenvalue weighted by atomic mass is 19.1. The zero-order chi connectivity index (χ0) is 31.8. The molecule has 6 nitrogen and oxygen atoms in total. The van der Waals surface area contributed by atoms with E-state index in [1.54, 1.807) is 10.7 Å². The maximum absolute atomic E-state index is 14.6. The Labute approximate surface area is 260 Å². The molecule has 2 aromatic carbocycles. The summed E-state index contributed by atoms with van der Waals surface area (Å²) >= 11 is 0. The second kappa shape index (κ2) is 12.2. The van der Waals surface area contributed by atoms with Gasteiger partial charge < -0.3 is 0 Å². The Morgan fingerprint density at radius 1 is 1.00 bits per heavy atom. The first-order valence-corrected chi connectivity index (χ1v) is 15.0. The van der Waals surface area contributed by atoms with Crippen molar-refractivity contribution in [2.75, 3.05) is 0 Å². The maximum atomic E-state index is 14.6. The van der Waals surface area contributed by atoms with Crippen LogP contribution in [0, 0.1) is 50.8 Å². The fourth-order valence-electron chi connectivity index (χ4n) is 5.91. The molecule has 0 radical (unpaired) electrons. The number of halogens is 1. The predicted molar refractivity (Wildman–Crippen MR) is 176 cm³/mol. The van der Waals surface area contributed by atoms with Crippen LogP contribution in [0.2, 0.25) is 0 Å². The topological polar surface area (TPSA) is 65.6 Å². The van der Waals surface area contributed by atoms with E-state index >= 15 is 0 Å². The Balaban J connectivity index is 0.00000461. The molecule has 0 unspecified atom stereocenters. The lowest BCUT2D eigenvalue weighted by atomic mass is 9.85. The van der Waals surface area contributed by atoms with Gasteiger partial charge in [-0.15, -0.1) is 0 Å². The van der Waals surface area contributed by atoms with Gasteiger partial charge in [-0.05, 0) is 108 Å². The summed E-state index contributed by atoms with van der Waals surface area (Å²) < 4.78 is 18.2.